The molecule has 3 aromatic heterocycles. The summed E-state index contributed by atoms with van der Waals surface area (Å²) in [5, 5.41) is 0. The molecule has 11 aromatic carbocycles. The first-order chi connectivity index (χ1) is 50.3. The van der Waals surface area contributed by atoms with Gasteiger partial charge < -0.3 is 0 Å². The van der Waals surface area contributed by atoms with Gasteiger partial charge in [-0.1, -0.05) is 231 Å². The van der Waals surface area contributed by atoms with Gasteiger partial charge in [-0.05, 0) is 266 Å². The largest absolute Gasteiger partial charge is 0.256 e. The van der Waals surface area contributed by atoms with Gasteiger partial charge in [0.05, 0.1) is 17.1 Å². The minimum absolute atomic E-state index is 0.155. The molecule has 0 amide bonds. The summed E-state index contributed by atoms with van der Waals surface area (Å²) in [7, 11) is 0. The highest BCUT2D eigenvalue weighted by atomic mass is 19.1. The van der Waals surface area contributed by atoms with Gasteiger partial charge in [-0.15, -0.1) is 0 Å². The van der Waals surface area contributed by atoms with Crippen LogP contribution in [-0.2, 0) is 0 Å². The van der Waals surface area contributed by atoms with Gasteiger partial charge in [-0.3, -0.25) is 15.0 Å². The lowest BCUT2D eigenvalue weighted by Crippen LogP contribution is -2.35. The number of rotatable bonds is 15. The molecule has 3 nitrogen and oxygen atoms in total. The second-order valence-corrected chi connectivity index (χ2v) is 29.2. The highest BCUT2D eigenvalue weighted by molar-refractivity contribution is 5.94. The summed E-state index contributed by atoms with van der Waals surface area (Å²) in [5.74, 6) is 4.46. The van der Waals surface area contributed by atoms with Crippen molar-refractivity contribution in [1.82, 2.24) is 15.0 Å². The van der Waals surface area contributed by atoms with E-state index < -0.39 is 0 Å². The van der Waals surface area contributed by atoms with Crippen LogP contribution in [0.15, 0.2) is 322 Å². The highest BCUT2D eigenvalue weighted by Gasteiger charge is 2.44. The van der Waals surface area contributed by atoms with Gasteiger partial charge in [0, 0.05) is 52.0 Å². The summed E-state index contributed by atoms with van der Waals surface area (Å²) < 4.78 is 27.7. The molecule has 0 radical (unpaired) electrons. The topological polar surface area (TPSA) is 38.7 Å². The zero-order chi connectivity index (χ0) is 68.0. The van der Waals surface area contributed by atoms with Crippen molar-refractivity contribution in [3.8, 4) is 123 Å². The van der Waals surface area contributed by atoms with Crippen LogP contribution in [0.3, 0.4) is 0 Å². The molecule has 0 spiro atoms. The lowest BCUT2D eigenvalue weighted by molar-refractivity contribution is 0.117. The fourth-order valence-electron chi connectivity index (χ4n) is 18.3. The summed E-state index contributed by atoms with van der Waals surface area (Å²) in [5.41, 5.74) is 29.3. The predicted molar refractivity (Wildman–Crippen MR) is 414 cm³/mol. The molecule has 6 fully saturated rings. The van der Waals surface area contributed by atoms with Crippen molar-refractivity contribution in [3.05, 3.63) is 356 Å². The van der Waals surface area contributed by atoms with Crippen LogP contribution in [0.2, 0.25) is 0 Å². The Labute approximate surface area is 597 Å². The van der Waals surface area contributed by atoms with E-state index in [9.17, 15) is 8.78 Å². The molecule has 6 aliphatic carbocycles. The number of nitrogens with zero attached hydrogens (tertiary/aromatic N) is 3. The van der Waals surface area contributed by atoms with E-state index >= 15 is 0 Å². The van der Waals surface area contributed by atoms with Crippen LogP contribution < -0.4 is 0 Å². The van der Waals surface area contributed by atoms with Crippen molar-refractivity contribution in [2.24, 2.45) is 23.7 Å². The molecule has 20 rings (SSSR count). The maximum atomic E-state index is 13.8. The van der Waals surface area contributed by atoms with Gasteiger partial charge >= 0.3 is 0 Å². The Bertz CT molecular complexity index is 5050. The van der Waals surface area contributed by atoms with E-state index in [0.29, 0.717) is 47.3 Å². The normalized spacial score (nSPS) is 19.7. The van der Waals surface area contributed by atoms with Gasteiger partial charge in [0.1, 0.15) is 11.6 Å². The molecule has 6 saturated carbocycles. The van der Waals surface area contributed by atoms with Crippen LogP contribution in [0.25, 0.3) is 123 Å². The SMILES string of the molecule is Fc1ccc(C2CC3CCC2CC3c2ccc(-c3cccc(-c4ccc(-c5ccccc5-c5cc(-c6ccccc6-c6ccc(-c7ccccc7)nc6)cc(-c6ccccc6-c6ccc(-c7cccc(-c8ccc(C9CC%10CCC9CC%10c9ccc(F)cc9)cc8)c7)nc6)c5)cn4)c3)cc2)cc1. The molecule has 0 aliphatic heterocycles. The van der Waals surface area contributed by atoms with Gasteiger partial charge in [0.15, 0.2) is 0 Å². The van der Waals surface area contributed by atoms with Crippen molar-refractivity contribution >= 4 is 0 Å². The van der Waals surface area contributed by atoms with E-state index in [-0.39, 0.29) is 11.6 Å². The van der Waals surface area contributed by atoms with E-state index in [0.717, 1.165) is 101 Å². The number of fused-ring (bicyclic) bond motifs is 6. The number of pyridine rings is 3. The van der Waals surface area contributed by atoms with E-state index in [1.165, 1.54) is 95.9 Å². The molecule has 102 heavy (non-hydrogen) atoms. The minimum Gasteiger partial charge on any atom is -0.256 e. The van der Waals surface area contributed by atoms with Crippen LogP contribution in [0.5, 0.6) is 0 Å². The van der Waals surface area contributed by atoms with Gasteiger partial charge in [-0.25, -0.2) is 8.78 Å². The standard InChI is InChI=1S/C97H77F2N3/c98-83-43-36-66(37-44-83)93-57-71-32-34-73(93)55-91(71)64-28-24-62(25-29-64)69-14-10-16-75(50-69)96-48-41-78(60-101-96)86-19-5-8-22-89(86)81-52-80(88-21-7-4-18-85(88)77-40-47-95(100-59-77)68-12-2-1-3-13-68)53-82(54-81)90-23-9-6-20-87(90)79-42-49-97(102-61-79)76-17-11-15-70(51-76)63-26-30-65(31-27-63)92-56-74-35-33-72(92)58-94(74)67-38-45-84(99)46-39-67/h1-31,36-54,59-61,71-74,91-94H,32-35,55-58H2. The molecular formula is C97H77F2N3. The third kappa shape index (κ3) is 12.5. The van der Waals surface area contributed by atoms with Gasteiger partial charge in [-0.2, -0.15) is 0 Å². The highest BCUT2D eigenvalue weighted by Crippen LogP contribution is 2.58. The van der Waals surface area contributed by atoms with Crippen LogP contribution in [0.1, 0.15) is 97.3 Å². The second kappa shape index (κ2) is 27.3. The number of aromatic nitrogens is 3. The predicted octanol–water partition coefficient (Wildman–Crippen LogP) is 25.9. The molecule has 6 aliphatic rings. The minimum atomic E-state index is -0.155. The van der Waals surface area contributed by atoms with Crippen molar-refractivity contribution < 1.29 is 8.78 Å². The van der Waals surface area contributed by atoms with E-state index in [4.69, 9.17) is 15.0 Å². The van der Waals surface area contributed by atoms with E-state index in [2.05, 4.69) is 249 Å². The third-order valence-electron chi connectivity index (χ3n) is 23.5. The average molecular weight is 1320 g/mol. The number of benzene rings is 11. The summed E-state index contributed by atoms with van der Waals surface area (Å²) in [6, 6.07) is 108. The Morgan fingerprint density at radius 1 is 0.206 bits per heavy atom. The third-order valence-corrected chi connectivity index (χ3v) is 23.5. The molecule has 3 heterocycles. The summed E-state index contributed by atoms with van der Waals surface area (Å²) in [4.78, 5) is 15.4. The number of hydrogen-bond acceptors (Lipinski definition) is 3. The van der Waals surface area contributed by atoms with Crippen LogP contribution in [0.4, 0.5) is 8.78 Å². The molecule has 494 valence electrons. The van der Waals surface area contributed by atoms with E-state index in [1.54, 1.807) is 24.3 Å². The van der Waals surface area contributed by atoms with Crippen LogP contribution >= 0.6 is 0 Å². The zero-order valence-corrected chi connectivity index (χ0v) is 57.0. The number of hydrogen-bond donors (Lipinski definition) is 0. The smallest absolute Gasteiger partial charge is 0.123 e. The van der Waals surface area contributed by atoms with Crippen molar-refractivity contribution in [1.29, 1.82) is 0 Å². The Morgan fingerprint density at radius 2 is 0.461 bits per heavy atom. The Hall–Kier alpha value is -11.3. The molecule has 5 heteroatoms. The Balaban J connectivity index is 0.632. The van der Waals surface area contributed by atoms with Crippen LogP contribution in [0, 0.1) is 35.3 Å². The maximum absolute atomic E-state index is 13.8. The Morgan fingerprint density at radius 3 is 0.765 bits per heavy atom. The van der Waals surface area contributed by atoms with Crippen molar-refractivity contribution in [3.63, 3.8) is 0 Å². The van der Waals surface area contributed by atoms with Crippen LogP contribution in [-0.4, -0.2) is 15.0 Å². The lowest BCUT2D eigenvalue weighted by Gasteiger charge is -2.48. The Kier molecular flexibility index (Phi) is 16.9. The van der Waals surface area contributed by atoms with Gasteiger partial charge in [0.2, 0.25) is 0 Å². The first kappa shape index (κ1) is 62.9. The van der Waals surface area contributed by atoms with E-state index in [1.807, 2.05) is 48.9 Å². The second-order valence-electron chi connectivity index (χ2n) is 29.2. The average Bonchev–Trinajstić information content (AvgIpc) is 0.787. The van der Waals surface area contributed by atoms with Gasteiger partial charge in [0.25, 0.3) is 0 Å². The fraction of sp³-hybridized carbons (Fsp3) is 0.165. The fourth-order valence-corrected chi connectivity index (χ4v) is 18.3. The monoisotopic (exact) mass is 1320 g/mol. The zero-order valence-electron chi connectivity index (χ0n) is 57.0. The lowest BCUT2D eigenvalue weighted by atomic mass is 9.57. The van der Waals surface area contributed by atoms with Crippen molar-refractivity contribution in [2.45, 2.75) is 75.0 Å². The molecule has 14 aromatic rings. The summed E-state index contributed by atoms with van der Waals surface area (Å²) in [6.07, 6.45) is 15.9. The molecule has 0 N–H and O–H groups in total. The van der Waals surface area contributed by atoms with Crippen molar-refractivity contribution in [2.75, 3.05) is 0 Å². The molecule has 0 saturated heterocycles. The summed E-state index contributed by atoms with van der Waals surface area (Å²) >= 11 is 0. The molecule has 8 unspecified atom stereocenters. The quantitative estimate of drug-likeness (QED) is 0.103. The summed E-state index contributed by atoms with van der Waals surface area (Å²) in [6.45, 7) is 0. The molecular weight excluding hydrogens is 1250 g/mol. The maximum Gasteiger partial charge on any atom is 0.123 e. The number of halogens is 2. The first-order valence-corrected chi connectivity index (χ1v) is 36.6. The molecule has 4 bridgehead atoms. The molecule has 8 atom stereocenters. The first-order valence-electron chi connectivity index (χ1n) is 36.6.